The van der Waals surface area contributed by atoms with Crippen LogP contribution in [0.3, 0.4) is 0 Å². The van der Waals surface area contributed by atoms with Crippen molar-refractivity contribution in [3.05, 3.63) is 54.1 Å². The molecule has 136 valence electrons. The molecule has 1 atom stereocenters. The summed E-state index contributed by atoms with van der Waals surface area (Å²) in [4.78, 5) is 36.3. The standard InChI is InChI=1S/C19H20N2O4S/c1-12(25-19(24)16-6-4-5-7-17(16)26-3)18(23)21-15-10-8-14(9-11-15)20-13(2)22/h4-12H,1-3H3,(H,20,22)(H,21,23)/t12-/m1/s1. The van der Waals surface area contributed by atoms with Gasteiger partial charge in [0, 0.05) is 23.2 Å². The Morgan fingerprint density at radius 2 is 1.54 bits per heavy atom. The molecular formula is C19H20N2O4S. The molecule has 0 spiro atoms. The highest BCUT2D eigenvalue weighted by molar-refractivity contribution is 7.98. The first kappa shape index (κ1) is 19.5. The Hall–Kier alpha value is -2.80. The largest absolute Gasteiger partial charge is 0.449 e. The smallest absolute Gasteiger partial charge is 0.340 e. The van der Waals surface area contributed by atoms with Gasteiger partial charge in [0.15, 0.2) is 6.10 Å². The topological polar surface area (TPSA) is 84.5 Å². The summed E-state index contributed by atoms with van der Waals surface area (Å²) in [5, 5.41) is 5.31. The fourth-order valence-electron chi connectivity index (χ4n) is 2.17. The van der Waals surface area contributed by atoms with Crippen molar-refractivity contribution in [1.29, 1.82) is 0 Å². The summed E-state index contributed by atoms with van der Waals surface area (Å²) in [6.07, 6.45) is 0.916. The Morgan fingerprint density at radius 3 is 2.12 bits per heavy atom. The minimum Gasteiger partial charge on any atom is -0.449 e. The fourth-order valence-corrected chi connectivity index (χ4v) is 2.76. The highest BCUT2D eigenvalue weighted by Crippen LogP contribution is 2.21. The number of ether oxygens (including phenoxy) is 1. The molecule has 0 aliphatic heterocycles. The second-order valence-corrected chi connectivity index (χ2v) is 6.34. The van der Waals surface area contributed by atoms with Crippen LogP contribution < -0.4 is 10.6 Å². The zero-order valence-corrected chi connectivity index (χ0v) is 15.6. The quantitative estimate of drug-likeness (QED) is 0.598. The van der Waals surface area contributed by atoms with E-state index in [-0.39, 0.29) is 5.91 Å². The number of hydrogen-bond donors (Lipinski definition) is 2. The molecule has 0 radical (unpaired) electrons. The van der Waals surface area contributed by atoms with Crippen molar-refractivity contribution in [2.24, 2.45) is 0 Å². The van der Waals surface area contributed by atoms with Crippen LogP contribution in [0.2, 0.25) is 0 Å². The molecular weight excluding hydrogens is 352 g/mol. The lowest BCUT2D eigenvalue weighted by Crippen LogP contribution is -2.30. The zero-order valence-electron chi connectivity index (χ0n) is 14.7. The summed E-state index contributed by atoms with van der Waals surface area (Å²) in [5.41, 5.74) is 1.60. The van der Waals surface area contributed by atoms with E-state index < -0.39 is 18.0 Å². The molecule has 0 saturated heterocycles. The third-order valence-electron chi connectivity index (χ3n) is 3.45. The molecule has 0 aliphatic rings. The van der Waals surface area contributed by atoms with Crippen LogP contribution in [0.25, 0.3) is 0 Å². The Kier molecular flexibility index (Phi) is 6.80. The van der Waals surface area contributed by atoms with Crippen LogP contribution in [-0.2, 0) is 14.3 Å². The highest BCUT2D eigenvalue weighted by atomic mass is 32.2. The van der Waals surface area contributed by atoms with E-state index in [2.05, 4.69) is 10.6 Å². The van der Waals surface area contributed by atoms with Gasteiger partial charge in [-0.15, -0.1) is 11.8 Å². The molecule has 2 aromatic carbocycles. The Bertz CT molecular complexity index is 805. The molecule has 7 heteroatoms. The molecule has 0 bridgehead atoms. The Labute approximate surface area is 156 Å². The van der Waals surface area contributed by atoms with Crippen LogP contribution in [0.5, 0.6) is 0 Å². The van der Waals surface area contributed by atoms with Crippen LogP contribution in [0, 0.1) is 0 Å². The van der Waals surface area contributed by atoms with Gasteiger partial charge < -0.3 is 15.4 Å². The maximum Gasteiger partial charge on any atom is 0.340 e. The van der Waals surface area contributed by atoms with Crippen LogP contribution in [-0.4, -0.2) is 30.1 Å². The number of nitrogens with one attached hydrogen (secondary N) is 2. The van der Waals surface area contributed by atoms with Crippen molar-refractivity contribution in [2.75, 3.05) is 16.9 Å². The molecule has 26 heavy (non-hydrogen) atoms. The minimum atomic E-state index is -0.951. The van der Waals surface area contributed by atoms with Crippen LogP contribution in [0.4, 0.5) is 11.4 Å². The third kappa shape index (κ3) is 5.35. The van der Waals surface area contributed by atoms with E-state index in [1.54, 1.807) is 36.4 Å². The molecule has 0 fully saturated rings. The molecule has 6 nitrogen and oxygen atoms in total. The number of esters is 1. The van der Waals surface area contributed by atoms with Gasteiger partial charge in [0.25, 0.3) is 5.91 Å². The SMILES string of the molecule is CSc1ccccc1C(=O)O[C@H](C)C(=O)Nc1ccc(NC(C)=O)cc1. The molecule has 2 N–H and O–H groups in total. The number of anilines is 2. The summed E-state index contributed by atoms with van der Waals surface area (Å²) in [6.45, 7) is 2.93. The average molecular weight is 372 g/mol. The minimum absolute atomic E-state index is 0.173. The summed E-state index contributed by atoms with van der Waals surface area (Å²) < 4.78 is 5.27. The van der Waals surface area contributed by atoms with Gasteiger partial charge in [-0.2, -0.15) is 0 Å². The first-order valence-electron chi connectivity index (χ1n) is 7.93. The molecule has 2 rings (SSSR count). The normalized spacial score (nSPS) is 11.3. The fraction of sp³-hybridized carbons (Fsp3) is 0.211. The van der Waals surface area contributed by atoms with Gasteiger partial charge in [-0.05, 0) is 49.6 Å². The van der Waals surface area contributed by atoms with Gasteiger partial charge in [-0.1, -0.05) is 12.1 Å². The first-order valence-corrected chi connectivity index (χ1v) is 9.15. The average Bonchev–Trinajstić information content (AvgIpc) is 2.62. The zero-order chi connectivity index (χ0) is 19.1. The second-order valence-electron chi connectivity index (χ2n) is 5.50. The van der Waals surface area contributed by atoms with Crippen molar-refractivity contribution in [1.82, 2.24) is 0 Å². The summed E-state index contributed by atoms with van der Waals surface area (Å²) in [5.74, 6) is -1.15. The van der Waals surface area contributed by atoms with E-state index in [9.17, 15) is 14.4 Å². The van der Waals surface area contributed by atoms with E-state index in [1.807, 2.05) is 18.4 Å². The molecule has 2 aromatic rings. The Morgan fingerprint density at radius 1 is 0.962 bits per heavy atom. The summed E-state index contributed by atoms with van der Waals surface area (Å²) in [7, 11) is 0. The van der Waals surface area contributed by atoms with Crippen LogP contribution in [0.15, 0.2) is 53.4 Å². The van der Waals surface area contributed by atoms with Crippen LogP contribution in [0.1, 0.15) is 24.2 Å². The van der Waals surface area contributed by atoms with Gasteiger partial charge in [0.1, 0.15) is 0 Å². The first-order chi connectivity index (χ1) is 12.4. The number of amides is 2. The van der Waals surface area contributed by atoms with Gasteiger partial charge in [0.05, 0.1) is 5.56 Å². The Balaban J connectivity index is 1.96. The maximum absolute atomic E-state index is 12.3. The van der Waals surface area contributed by atoms with Gasteiger partial charge in [0.2, 0.25) is 5.91 Å². The predicted octanol–water partition coefficient (Wildman–Crippen LogP) is 3.55. The number of carbonyl (C=O) groups excluding carboxylic acids is 3. The predicted molar refractivity (Wildman–Crippen MR) is 102 cm³/mol. The second kappa shape index (κ2) is 9.05. The van der Waals surface area contributed by atoms with E-state index in [0.29, 0.717) is 16.9 Å². The van der Waals surface area contributed by atoms with Crippen molar-refractivity contribution < 1.29 is 19.1 Å². The van der Waals surface area contributed by atoms with E-state index in [4.69, 9.17) is 4.74 Å². The molecule has 0 aromatic heterocycles. The van der Waals surface area contributed by atoms with Crippen molar-refractivity contribution in [3.63, 3.8) is 0 Å². The molecule has 0 unspecified atom stereocenters. The van der Waals surface area contributed by atoms with Crippen molar-refractivity contribution in [3.8, 4) is 0 Å². The number of hydrogen-bond acceptors (Lipinski definition) is 5. The lowest BCUT2D eigenvalue weighted by Gasteiger charge is -2.15. The van der Waals surface area contributed by atoms with Gasteiger partial charge >= 0.3 is 5.97 Å². The molecule has 2 amide bonds. The monoisotopic (exact) mass is 372 g/mol. The van der Waals surface area contributed by atoms with Crippen molar-refractivity contribution >= 4 is 40.9 Å². The van der Waals surface area contributed by atoms with Crippen molar-refractivity contribution in [2.45, 2.75) is 24.8 Å². The summed E-state index contributed by atoms with van der Waals surface area (Å²) in [6, 6.07) is 13.7. The van der Waals surface area contributed by atoms with E-state index in [0.717, 1.165) is 4.90 Å². The summed E-state index contributed by atoms with van der Waals surface area (Å²) >= 11 is 1.44. The number of rotatable bonds is 6. The number of thioether (sulfide) groups is 1. The van der Waals surface area contributed by atoms with Crippen LogP contribution >= 0.6 is 11.8 Å². The highest BCUT2D eigenvalue weighted by Gasteiger charge is 2.20. The van der Waals surface area contributed by atoms with Gasteiger partial charge in [-0.3, -0.25) is 9.59 Å². The van der Waals surface area contributed by atoms with E-state index in [1.165, 1.54) is 25.6 Å². The number of benzene rings is 2. The van der Waals surface area contributed by atoms with E-state index >= 15 is 0 Å². The maximum atomic E-state index is 12.3. The number of carbonyl (C=O) groups is 3. The molecule has 0 saturated carbocycles. The lowest BCUT2D eigenvalue weighted by atomic mass is 10.2. The molecule has 0 aliphatic carbocycles. The lowest BCUT2D eigenvalue weighted by molar-refractivity contribution is -0.123. The molecule has 0 heterocycles. The van der Waals surface area contributed by atoms with Gasteiger partial charge in [-0.25, -0.2) is 4.79 Å². The third-order valence-corrected chi connectivity index (χ3v) is 4.25.